The van der Waals surface area contributed by atoms with Crippen molar-refractivity contribution in [3.8, 4) is 28.4 Å². The normalized spacial score (nSPS) is 10.8. The van der Waals surface area contributed by atoms with Crippen LogP contribution in [0.1, 0.15) is 5.76 Å². The molecule has 0 spiro atoms. The SMILES string of the molecule is Cc1occc1-c1nc(O)c(-c2cccc(Cl)c2)c(=O)[nH]1. The maximum absolute atomic E-state index is 12.2. The minimum atomic E-state index is -0.444. The van der Waals surface area contributed by atoms with Crippen LogP contribution in [0.25, 0.3) is 22.5 Å². The summed E-state index contributed by atoms with van der Waals surface area (Å²) in [5.41, 5.74) is 0.770. The first-order valence-corrected chi connectivity index (χ1v) is 6.58. The number of hydrogen-bond acceptors (Lipinski definition) is 4. The van der Waals surface area contributed by atoms with Crippen molar-refractivity contribution in [1.29, 1.82) is 0 Å². The number of aromatic amines is 1. The van der Waals surface area contributed by atoms with E-state index in [-0.39, 0.29) is 17.3 Å². The van der Waals surface area contributed by atoms with E-state index < -0.39 is 5.56 Å². The van der Waals surface area contributed by atoms with Gasteiger partial charge in [-0.2, -0.15) is 4.98 Å². The maximum atomic E-state index is 12.2. The van der Waals surface area contributed by atoms with E-state index in [0.29, 0.717) is 21.9 Å². The number of hydrogen-bond donors (Lipinski definition) is 2. The number of aromatic hydroxyl groups is 1. The van der Waals surface area contributed by atoms with Gasteiger partial charge in [0.15, 0.2) is 0 Å². The number of benzene rings is 1. The van der Waals surface area contributed by atoms with Crippen molar-refractivity contribution in [2.45, 2.75) is 6.92 Å². The van der Waals surface area contributed by atoms with Crippen LogP contribution in [0.2, 0.25) is 5.02 Å². The molecule has 3 rings (SSSR count). The Morgan fingerprint density at radius 2 is 2.14 bits per heavy atom. The summed E-state index contributed by atoms with van der Waals surface area (Å²) in [6.07, 6.45) is 1.49. The average molecular weight is 303 g/mol. The van der Waals surface area contributed by atoms with Gasteiger partial charge in [-0.1, -0.05) is 23.7 Å². The summed E-state index contributed by atoms with van der Waals surface area (Å²) in [6, 6.07) is 8.33. The van der Waals surface area contributed by atoms with Gasteiger partial charge in [-0.15, -0.1) is 0 Å². The molecule has 0 atom stereocenters. The molecule has 6 heteroatoms. The zero-order valence-electron chi connectivity index (χ0n) is 11.1. The van der Waals surface area contributed by atoms with E-state index >= 15 is 0 Å². The number of nitrogens with zero attached hydrogens (tertiary/aromatic N) is 1. The van der Waals surface area contributed by atoms with Crippen molar-refractivity contribution in [1.82, 2.24) is 9.97 Å². The standard InChI is InChI=1S/C15H11ClN2O3/c1-8-11(5-6-21-8)13-17-14(19)12(15(20)18-13)9-3-2-4-10(16)7-9/h2-7H,1H3,(H2,17,18,19,20). The highest BCUT2D eigenvalue weighted by atomic mass is 35.5. The number of aryl methyl sites for hydroxylation is 1. The molecule has 0 radical (unpaired) electrons. The first kappa shape index (κ1) is 13.5. The first-order chi connectivity index (χ1) is 10.1. The quantitative estimate of drug-likeness (QED) is 0.760. The molecule has 1 aromatic carbocycles. The number of aromatic nitrogens is 2. The predicted molar refractivity (Wildman–Crippen MR) is 79.4 cm³/mol. The van der Waals surface area contributed by atoms with Crippen molar-refractivity contribution in [3.05, 3.63) is 57.7 Å². The predicted octanol–water partition coefficient (Wildman–Crippen LogP) is 3.36. The summed E-state index contributed by atoms with van der Waals surface area (Å²) in [4.78, 5) is 18.9. The average Bonchev–Trinajstić information content (AvgIpc) is 2.84. The van der Waals surface area contributed by atoms with Gasteiger partial charge in [-0.05, 0) is 30.7 Å². The number of nitrogens with one attached hydrogen (secondary N) is 1. The van der Waals surface area contributed by atoms with Gasteiger partial charge >= 0.3 is 0 Å². The largest absolute Gasteiger partial charge is 0.493 e. The van der Waals surface area contributed by atoms with Gasteiger partial charge in [0, 0.05) is 5.02 Å². The van der Waals surface area contributed by atoms with Gasteiger partial charge < -0.3 is 14.5 Å². The number of H-pyrrole nitrogens is 1. The lowest BCUT2D eigenvalue weighted by molar-refractivity contribution is 0.454. The molecule has 0 bridgehead atoms. The third-order valence-corrected chi connectivity index (χ3v) is 3.36. The minimum Gasteiger partial charge on any atom is -0.493 e. The molecule has 0 amide bonds. The summed E-state index contributed by atoms with van der Waals surface area (Å²) >= 11 is 5.91. The van der Waals surface area contributed by atoms with Crippen molar-refractivity contribution in [3.63, 3.8) is 0 Å². The molecule has 0 aliphatic rings. The van der Waals surface area contributed by atoms with Crippen LogP contribution >= 0.6 is 11.6 Å². The zero-order chi connectivity index (χ0) is 15.0. The third-order valence-electron chi connectivity index (χ3n) is 3.13. The Morgan fingerprint density at radius 1 is 1.33 bits per heavy atom. The van der Waals surface area contributed by atoms with Crippen molar-refractivity contribution in [2.24, 2.45) is 0 Å². The van der Waals surface area contributed by atoms with Crippen molar-refractivity contribution < 1.29 is 9.52 Å². The van der Waals surface area contributed by atoms with Crippen LogP contribution in [-0.2, 0) is 0 Å². The second kappa shape index (κ2) is 5.10. The molecule has 2 heterocycles. The molecule has 0 aliphatic carbocycles. The second-order valence-corrected chi connectivity index (χ2v) is 4.95. The molecule has 0 unspecified atom stereocenters. The monoisotopic (exact) mass is 302 g/mol. The molecule has 5 nitrogen and oxygen atoms in total. The highest BCUT2D eigenvalue weighted by molar-refractivity contribution is 6.30. The van der Waals surface area contributed by atoms with Crippen LogP contribution < -0.4 is 5.56 Å². The fourth-order valence-corrected chi connectivity index (χ4v) is 2.31. The molecule has 21 heavy (non-hydrogen) atoms. The molecule has 2 aromatic heterocycles. The van der Waals surface area contributed by atoms with E-state index in [4.69, 9.17) is 16.0 Å². The van der Waals surface area contributed by atoms with Gasteiger partial charge in [-0.25, -0.2) is 0 Å². The Kier molecular flexibility index (Phi) is 3.27. The smallest absolute Gasteiger partial charge is 0.262 e. The highest BCUT2D eigenvalue weighted by Crippen LogP contribution is 2.28. The van der Waals surface area contributed by atoms with Gasteiger partial charge in [0.05, 0.1) is 11.8 Å². The van der Waals surface area contributed by atoms with Gasteiger partial charge in [-0.3, -0.25) is 4.79 Å². The summed E-state index contributed by atoms with van der Waals surface area (Å²) in [5, 5.41) is 10.6. The van der Waals surface area contributed by atoms with E-state index in [9.17, 15) is 9.90 Å². The van der Waals surface area contributed by atoms with E-state index in [1.807, 2.05) is 0 Å². The molecule has 0 saturated carbocycles. The Labute approximate surface area is 124 Å². The lowest BCUT2D eigenvalue weighted by Crippen LogP contribution is -2.12. The van der Waals surface area contributed by atoms with Crippen LogP contribution in [0.4, 0.5) is 0 Å². The molecule has 0 fully saturated rings. The topological polar surface area (TPSA) is 79.1 Å². The number of furan rings is 1. The van der Waals surface area contributed by atoms with Gasteiger partial charge in [0.2, 0.25) is 5.88 Å². The van der Waals surface area contributed by atoms with Crippen LogP contribution in [0.3, 0.4) is 0 Å². The fourth-order valence-electron chi connectivity index (χ4n) is 2.12. The third kappa shape index (κ3) is 2.43. The number of halogens is 1. The fraction of sp³-hybridized carbons (Fsp3) is 0.0667. The summed E-state index contributed by atoms with van der Waals surface area (Å²) < 4.78 is 5.17. The van der Waals surface area contributed by atoms with Crippen LogP contribution in [0.15, 0.2) is 45.8 Å². The summed E-state index contributed by atoms with van der Waals surface area (Å²) in [6.45, 7) is 1.75. The Morgan fingerprint density at radius 3 is 2.76 bits per heavy atom. The molecule has 106 valence electrons. The van der Waals surface area contributed by atoms with E-state index in [2.05, 4.69) is 9.97 Å². The summed E-state index contributed by atoms with van der Waals surface area (Å²) in [7, 11) is 0. The Bertz CT molecular complexity index is 867. The van der Waals surface area contributed by atoms with E-state index in [0.717, 1.165) is 0 Å². The van der Waals surface area contributed by atoms with Gasteiger partial charge in [0.25, 0.3) is 5.56 Å². The molecular weight excluding hydrogens is 292 g/mol. The molecule has 0 saturated heterocycles. The molecule has 2 N–H and O–H groups in total. The van der Waals surface area contributed by atoms with Crippen molar-refractivity contribution >= 4 is 11.6 Å². The maximum Gasteiger partial charge on any atom is 0.262 e. The molecular formula is C15H11ClN2O3. The van der Waals surface area contributed by atoms with Gasteiger partial charge in [0.1, 0.15) is 17.1 Å². The number of rotatable bonds is 2. The second-order valence-electron chi connectivity index (χ2n) is 4.51. The zero-order valence-corrected chi connectivity index (χ0v) is 11.8. The summed E-state index contributed by atoms with van der Waals surface area (Å²) in [5.74, 6) is 0.513. The Hall–Kier alpha value is -2.53. The molecule has 3 aromatic rings. The van der Waals surface area contributed by atoms with E-state index in [1.165, 1.54) is 6.26 Å². The Balaban J connectivity index is 2.18. The van der Waals surface area contributed by atoms with E-state index in [1.54, 1.807) is 37.3 Å². The highest BCUT2D eigenvalue weighted by Gasteiger charge is 2.16. The van der Waals surface area contributed by atoms with Crippen LogP contribution in [-0.4, -0.2) is 15.1 Å². The van der Waals surface area contributed by atoms with Crippen LogP contribution in [0, 0.1) is 6.92 Å². The lowest BCUT2D eigenvalue weighted by Gasteiger charge is -2.06. The first-order valence-electron chi connectivity index (χ1n) is 6.20. The minimum absolute atomic E-state index is 0.0856. The van der Waals surface area contributed by atoms with Crippen LogP contribution in [0.5, 0.6) is 5.88 Å². The van der Waals surface area contributed by atoms with Crippen molar-refractivity contribution in [2.75, 3.05) is 0 Å². The molecule has 0 aliphatic heterocycles. The lowest BCUT2D eigenvalue weighted by atomic mass is 10.1.